The van der Waals surface area contributed by atoms with Gasteiger partial charge in [-0.25, -0.2) is 0 Å². The first-order valence-corrected chi connectivity index (χ1v) is 6.59. The fourth-order valence-corrected chi connectivity index (χ4v) is 2.52. The summed E-state index contributed by atoms with van der Waals surface area (Å²) < 4.78 is 42.7. The molecule has 1 aromatic carbocycles. The molecule has 0 fully saturated rings. The maximum atomic E-state index is 12.7. The second-order valence-corrected chi connectivity index (χ2v) is 5.09. The molecule has 20 heavy (non-hydrogen) atoms. The minimum atomic E-state index is -4.32. The van der Waals surface area contributed by atoms with Crippen molar-refractivity contribution >= 4 is 5.69 Å². The van der Waals surface area contributed by atoms with Crippen LogP contribution in [0.4, 0.5) is 18.9 Å². The Bertz CT molecular complexity index is 462. The van der Waals surface area contributed by atoms with E-state index >= 15 is 0 Å². The Labute approximate surface area is 116 Å². The van der Waals surface area contributed by atoms with Crippen molar-refractivity contribution < 1.29 is 17.9 Å². The first-order valence-electron chi connectivity index (χ1n) is 6.59. The van der Waals surface area contributed by atoms with E-state index in [1.807, 2.05) is 18.2 Å². The van der Waals surface area contributed by atoms with Crippen molar-refractivity contribution in [2.45, 2.75) is 25.1 Å². The number of halogens is 3. The summed E-state index contributed by atoms with van der Waals surface area (Å²) in [6, 6.07) is 5.71. The van der Waals surface area contributed by atoms with Gasteiger partial charge in [-0.15, -0.1) is 0 Å². The third kappa shape index (κ3) is 3.64. The third-order valence-corrected chi connectivity index (χ3v) is 3.70. The molecule has 0 bridgehead atoms. The highest BCUT2D eigenvalue weighted by molar-refractivity contribution is 5.45. The molecule has 1 aromatic rings. The summed E-state index contributed by atoms with van der Waals surface area (Å²) in [4.78, 5) is 1.80. The Balaban J connectivity index is 2.01. The van der Waals surface area contributed by atoms with Crippen LogP contribution in [0.1, 0.15) is 11.1 Å². The molecule has 0 spiro atoms. The van der Waals surface area contributed by atoms with Crippen molar-refractivity contribution in [3.63, 3.8) is 0 Å². The van der Waals surface area contributed by atoms with Crippen LogP contribution in [0.25, 0.3) is 0 Å². The van der Waals surface area contributed by atoms with E-state index in [0.29, 0.717) is 25.2 Å². The first-order chi connectivity index (χ1) is 9.40. The number of rotatable bonds is 3. The Morgan fingerprint density at radius 3 is 2.50 bits per heavy atom. The molecule has 0 saturated carbocycles. The molecule has 1 aliphatic heterocycles. The lowest BCUT2D eigenvalue weighted by molar-refractivity contribution is -0.216. The summed E-state index contributed by atoms with van der Waals surface area (Å²) >= 11 is 0. The zero-order valence-electron chi connectivity index (χ0n) is 11.4. The molecule has 0 amide bonds. The Kier molecular flexibility index (Phi) is 4.55. The van der Waals surface area contributed by atoms with E-state index in [1.165, 1.54) is 5.56 Å². The van der Waals surface area contributed by atoms with Gasteiger partial charge in [0.2, 0.25) is 0 Å². The molecule has 0 aliphatic carbocycles. The van der Waals surface area contributed by atoms with Gasteiger partial charge in [0.1, 0.15) is 0 Å². The zero-order valence-corrected chi connectivity index (χ0v) is 11.4. The van der Waals surface area contributed by atoms with Crippen LogP contribution < -0.4 is 5.73 Å². The van der Waals surface area contributed by atoms with Gasteiger partial charge in [0, 0.05) is 32.4 Å². The summed E-state index contributed by atoms with van der Waals surface area (Å²) in [7, 11) is 1.10. The number of methoxy groups -OCH3 is 1. The molecule has 2 rings (SSSR count). The van der Waals surface area contributed by atoms with Gasteiger partial charge in [-0.3, -0.25) is 4.90 Å². The minimum Gasteiger partial charge on any atom is -0.399 e. The van der Waals surface area contributed by atoms with Crippen LogP contribution >= 0.6 is 0 Å². The molecule has 112 valence electrons. The van der Waals surface area contributed by atoms with Gasteiger partial charge >= 0.3 is 6.18 Å². The van der Waals surface area contributed by atoms with Crippen molar-refractivity contribution in [2.75, 3.05) is 32.5 Å². The highest BCUT2D eigenvalue weighted by Gasteiger charge is 2.40. The van der Waals surface area contributed by atoms with Gasteiger partial charge in [0.25, 0.3) is 0 Å². The fourth-order valence-electron chi connectivity index (χ4n) is 2.52. The lowest BCUT2D eigenvalue weighted by Crippen LogP contribution is -2.43. The maximum absolute atomic E-state index is 12.7. The SMILES string of the molecule is CO[C@@H](CN1CCc2ccc(N)cc2CC1)C(F)(F)F. The smallest absolute Gasteiger partial charge is 0.399 e. The highest BCUT2D eigenvalue weighted by atomic mass is 19.4. The van der Waals surface area contributed by atoms with Crippen molar-refractivity contribution in [3.8, 4) is 0 Å². The molecule has 1 aliphatic rings. The van der Waals surface area contributed by atoms with Crippen molar-refractivity contribution in [1.82, 2.24) is 4.90 Å². The summed E-state index contributed by atoms with van der Waals surface area (Å²) in [6.45, 7) is 1.07. The molecule has 0 unspecified atom stereocenters. The molecule has 6 heteroatoms. The summed E-state index contributed by atoms with van der Waals surface area (Å²) in [5.74, 6) is 0. The molecule has 2 N–H and O–H groups in total. The molecule has 0 saturated heterocycles. The third-order valence-electron chi connectivity index (χ3n) is 3.70. The molecule has 1 heterocycles. The number of alkyl halides is 3. The number of nitrogens with two attached hydrogens (primary N) is 1. The predicted octanol–water partition coefficient (Wildman–Crippen LogP) is 2.25. The summed E-state index contributed by atoms with van der Waals surface area (Å²) in [6.07, 6.45) is -4.59. The number of benzene rings is 1. The van der Waals surface area contributed by atoms with E-state index < -0.39 is 12.3 Å². The normalized spacial score (nSPS) is 18.4. The zero-order chi connectivity index (χ0) is 14.8. The number of ether oxygens (including phenoxy) is 1. The Hall–Kier alpha value is -1.27. The second kappa shape index (κ2) is 6.01. The standard InChI is InChI=1S/C14H19F3N2O/c1-20-13(14(15,16)17)9-19-6-4-10-2-3-12(18)8-11(10)5-7-19/h2-3,8,13H,4-7,9,18H2,1H3/t13-/m0/s1. The first kappa shape index (κ1) is 15.1. The van der Waals surface area contributed by atoms with Gasteiger partial charge in [0.05, 0.1) is 0 Å². The average molecular weight is 288 g/mol. The van der Waals surface area contributed by atoms with E-state index in [4.69, 9.17) is 5.73 Å². The minimum absolute atomic E-state index is 0.122. The number of fused-ring (bicyclic) bond motifs is 1. The van der Waals surface area contributed by atoms with Crippen LogP contribution in [0.3, 0.4) is 0 Å². The molecule has 1 atom stereocenters. The van der Waals surface area contributed by atoms with E-state index in [0.717, 1.165) is 19.1 Å². The number of hydrogen-bond donors (Lipinski definition) is 1. The van der Waals surface area contributed by atoms with E-state index in [2.05, 4.69) is 4.74 Å². The number of anilines is 1. The summed E-state index contributed by atoms with van der Waals surface area (Å²) in [5.41, 5.74) is 8.74. The van der Waals surface area contributed by atoms with Crippen LogP contribution in [-0.2, 0) is 17.6 Å². The maximum Gasteiger partial charge on any atom is 0.415 e. The van der Waals surface area contributed by atoms with Gasteiger partial charge in [0.15, 0.2) is 6.10 Å². The quantitative estimate of drug-likeness (QED) is 0.867. The Morgan fingerprint density at radius 1 is 1.25 bits per heavy atom. The predicted molar refractivity (Wildman–Crippen MR) is 71.6 cm³/mol. The van der Waals surface area contributed by atoms with E-state index in [1.54, 1.807) is 4.90 Å². The number of hydrogen-bond acceptors (Lipinski definition) is 3. The van der Waals surface area contributed by atoms with Crippen LogP contribution in [0.2, 0.25) is 0 Å². The van der Waals surface area contributed by atoms with Gasteiger partial charge in [-0.2, -0.15) is 13.2 Å². The Morgan fingerprint density at radius 2 is 1.90 bits per heavy atom. The van der Waals surface area contributed by atoms with Crippen LogP contribution in [-0.4, -0.2) is 43.9 Å². The molecule has 0 radical (unpaired) electrons. The molecule has 3 nitrogen and oxygen atoms in total. The van der Waals surface area contributed by atoms with Crippen LogP contribution in [0.15, 0.2) is 18.2 Å². The largest absolute Gasteiger partial charge is 0.415 e. The average Bonchev–Trinajstić information content (AvgIpc) is 2.56. The molecule has 0 aromatic heterocycles. The van der Waals surface area contributed by atoms with Gasteiger partial charge in [-0.1, -0.05) is 6.07 Å². The second-order valence-electron chi connectivity index (χ2n) is 5.09. The number of nitrogens with zero attached hydrogens (tertiary/aromatic N) is 1. The topological polar surface area (TPSA) is 38.5 Å². The van der Waals surface area contributed by atoms with Crippen molar-refractivity contribution in [3.05, 3.63) is 29.3 Å². The lowest BCUT2D eigenvalue weighted by Gasteiger charge is -2.26. The van der Waals surface area contributed by atoms with Crippen LogP contribution in [0, 0.1) is 0 Å². The van der Waals surface area contributed by atoms with Gasteiger partial charge in [-0.05, 0) is 36.1 Å². The fraction of sp³-hybridized carbons (Fsp3) is 0.571. The van der Waals surface area contributed by atoms with Crippen LogP contribution in [0.5, 0.6) is 0 Å². The van der Waals surface area contributed by atoms with Crippen molar-refractivity contribution in [1.29, 1.82) is 0 Å². The lowest BCUT2D eigenvalue weighted by atomic mass is 10.0. The van der Waals surface area contributed by atoms with Crippen molar-refractivity contribution in [2.24, 2.45) is 0 Å². The molecular weight excluding hydrogens is 269 g/mol. The van der Waals surface area contributed by atoms with E-state index in [9.17, 15) is 13.2 Å². The highest BCUT2D eigenvalue weighted by Crippen LogP contribution is 2.25. The summed E-state index contributed by atoms with van der Waals surface area (Å²) in [5, 5.41) is 0. The van der Waals surface area contributed by atoms with E-state index in [-0.39, 0.29) is 6.54 Å². The number of nitrogen functional groups attached to an aromatic ring is 1. The molecular formula is C14H19F3N2O. The van der Waals surface area contributed by atoms with Gasteiger partial charge < -0.3 is 10.5 Å². The monoisotopic (exact) mass is 288 g/mol.